The fraction of sp³-hybridized carbons (Fsp3) is 0.367. The summed E-state index contributed by atoms with van der Waals surface area (Å²) in [5.74, 6) is 1.47. The second-order valence-corrected chi connectivity index (χ2v) is 10.1. The lowest BCUT2D eigenvalue weighted by molar-refractivity contribution is 0.166. The first-order valence-electron chi connectivity index (χ1n) is 13.4. The van der Waals surface area contributed by atoms with Gasteiger partial charge in [-0.2, -0.15) is 0 Å². The van der Waals surface area contributed by atoms with Crippen LogP contribution in [0.1, 0.15) is 58.5 Å². The zero-order valence-corrected chi connectivity index (χ0v) is 22.8. The maximum atomic E-state index is 12.5. The molecule has 4 aromatic rings. The Morgan fingerprint density at radius 1 is 1.08 bits per heavy atom. The van der Waals surface area contributed by atoms with E-state index in [1.54, 1.807) is 13.8 Å². The molecule has 1 aromatic carbocycles. The SMILES string of the molecule is Cc1ncnc(C)c1OC(=O)NCc1cccc(CN(CCc2nccn2C)C2CCCc3cccnc32)c1. The van der Waals surface area contributed by atoms with Crippen LogP contribution in [0.15, 0.2) is 61.3 Å². The first-order valence-corrected chi connectivity index (χ1v) is 13.4. The summed E-state index contributed by atoms with van der Waals surface area (Å²) in [5.41, 5.74) is 6.00. The highest BCUT2D eigenvalue weighted by Crippen LogP contribution is 2.34. The highest BCUT2D eigenvalue weighted by molar-refractivity contribution is 5.70. The van der Waals surface area contributed by atoms with E-state index in [4.69, 9.17) is 9.72 Å². The molecule has 0 radical (unpaired) electrons. The van der Waals surface area contributed by atoms with Crippen LogP contribution in [0.5, 0.6) is 5.75 Å². The van der Waals surface area contributed by atoms with Gasteiger partial charge in [-0.1, -0.05) is 30.3 Å². The standard InChI is InChI=1S/C30H35N7O2/c1-21-29(22(2)35-20-34-21)39-30(38)33-18-23-7-4-8-24(17-23)19-37(15-12-27-31-14-16-36(27)3)26-11-5-9-25-10-6-13-32-28(25)26/h4,6-8,10,13-14,16-17,20,26H,5,9,11-12,15,18-19H2,1-3H3,(H,33,38). The van der Waals surface area contributed by atoms with Crippen LogP contribution in [0.3, 0.4) is 0 Å². The van der Waals surface area contributed by atoms with E-state index in [1.165, 1.54) is 23.1 Å². The predicted molar refractivity (Wildman–Crippen MR) is 148 cm³/mol. The van der Waals surface area contributed by atoms with Crippen LogP contribution in [0.2, 0.25) is 0 Å². The lowest BCUT2D eigenvalue weighted by Crippen LogP contribution is -2.34. The molecule has 9 heteroatoms. The predicted octanol–water partition coefficient (Wildman–Crippen LogP) is 4.63. The summed E-state index contributed by atoms with van der Waals surface area (Å²) in [6.07, 6.45) is 10.9. The number of hydrogen-bond acceptors (Lipinski definition) is 7. The summed E-state index contributed by atoms with van der Waals surface area (Å²) < 4.78 is 7.57. The maximum Gasteiger partial charge on any atom is 0.412 e. The van der Waals surface area contributed by atoms with Gasteiger partial charge in [0.05, 0.1) is 23.1 Å². The van der Waals surface area contributed by atoms with Crippen LogP contribution >= 0.6 is 0 Å². The molecule has 3 heterocycles. The second-order valence-electron chi connectivity index (χ2n) is 10.1. The Labute approximate surface area is 229 Å². The molecule has 0 saturated heterocycles. The Balaban J connectivity index is 1.29. The van der Waals surface area contributed by atoms with Crippen molar-refractivity contribution >= 4 is 6.09 Å². The summed E-state index contributed by atoms with van der Waals surface area (Å²) in [5, 5.41) is 2.86. The van der Waals surface area contributed by atoms with Gasteiger partial charge in [0.2, 0.25) is 0 Å². The van der Waals surface area contributed by atoms with Crippen molar-refractivity contribution in [3.63, 3.8) is 0 Å². The van der Waals surface area contributed by atoms with E-state index >= 15 is 0 Å². The summed E-state index contributed by atoms with van der Waals surface area (Å²) in [6, 6.07) is 12.9. The monoisotopic (exact) mass is 525 g/mol. The Kier molecular flexibility index (Phi) is 8.27. The van der Waals surface area contributed by atoms with Crippen LogP contribution in [-0.2, 0) is 33.0 Å². The topological polar surface area (TPSA) is 98.1 Å². The molecule has 1 aliphatic carbocycles. The summed E-state index contributed by atoms with van der Waals surface area (Å²) in [4.78, 5) is 32.6. The van der Waals surface area contributed by atoms with E-state index in [0.29, 0.717) is 23.7 Å². The first kappa shape index (κ1) is 26.5. The maximum absolute atomic E-state index is 12.5. The molecule has 3 aromatic heterocycles. The van der Waals surface area contributed by atoms with Crippen molar-refractivity contribution in [1.82, 2.24) is 34.7 Å². The van der Waals surface area contributed by atoms with Crippen LogP contribution in [0.4, 0.5) is 4.79 Å². The Morgan fingerprint density at radius 3 is 2.69 bits per heavy atom. The van der Waals surface area contributed by atoms with Gasteiger partial charge < -0.3 is 14.6 Å². The minimum atomic E-state index is -0.525. The van der Waals surface area contributed by atoms with Crippen LogP contribution in [-0.4, -0.2) is 42.0 Å². The molecule has 0 fully saturated rings. The number of carbonyl (C=O) groups excluding carboxylic acids is 1. The third-order valence-corrected chi connectivity index (χ3v) is 7.32. The van der Waals surface area contributed by atoms with Crippen molar-refractivity contribution in [2.75, 3.05) is 6.54 Å². The van der Waals surface area contributed by atoms with Gasteiger partial charge in [0.25, 0.3) is 0 Å². The van der Waals surface area contributed by atoms with Gasteiger partial charge in [0.1, 0.15) is 12.2 Å². The van der Waals surface area contributed by atoms with Crippen molar-refractivity contribution in [2.24, 2.45) is 7.05 Å². The van der Waals surface area contributed by atoms with Crippen LogP contribution in [0, 0.1) is 13.8 Å². The fourth-order valence-electron chi connectivity index (χ4n) is 5.27. The van der Waals surface area contributed by atoms with Crippen molar-refractivity contribution in [1.29, 1.82) is 0 Å². The van der Waals surface area contributed by atoms with Gasteiger partial charge in [0, 0.05) is 51.7 Å². The van der Waals surface area contributed by atoms with Crippen LogP contribution in [0.25, 0.3) is 0 Å². The fourth-order valence-corrected chi connectivity index (χ4v) is 5.27. The minimum Gasteiger partial charge on any atom is -0.406 e. The Bertz CT molecular complexity index is 1410. The number of benzene rings is 1. The Hall–Kier alpha value is -4.11. The smallest absolute Gasteiger partial charge is 0.406 e. The molecule has 202 valence electrons. The molecule has 1 aliphatic rings. The van der Waals surface area contributed by atoms with E-state index in [1.807, 2.05) is 43.8 Å². The third kappa shape index (κ3) is 6.49. The van der Waals surface area contributed by atoms with E-state index in [-0.39, 0.29) is 6.04 Å². The largest absolute Gasteiger partial charge is 0.412 e. The van der Waals surface area contributed by atoms with Gasteiger partial charge in [-0.05, 0) is 55.9 Å². The number of ether oxygens (including phenoxy) is 1. The summed E-state index contributed by atoms with van der Waals surface area (Å²) in [6.45, 7) is 5.60. The number of rotatable bonds is 9. The van der Waals surface area contributed by atoms with E-state index in [9.17, 15) is 4.79 Å². The number of carbonyl (C=O) groups is 1. The van der Waals surface area contributed by atoms with E-state index in [2.05, 4.69) is 47.9 Å². The lowest BCUT2D eigenvalue weighted by atomic mass is 9.90. The van der Waals surface area contributed by atoms with Crippen LogP contribution < -0.4 is 10.1 Å². The van der Waals surface area contributed by atoms with Gasteiger partial charge in [0.15, 0.2) is 5.75 Å². The Morgan fingerprint density at radius 2 is 1.90 bits per heavy atom. The molecule has 1 atom stereocenters. The normalized spacial score (nSPS) is 14.7. The molecule has 0 saturated carbocycles. The van der Waals surface area contributed by atoms with Gasteiger partial charge in [-0.3, -0.25) is 9.88 Å². The zero-order valence-electron chi connectivity index (χ0n) is 22.8. The molecule has 0 spiro atoms. The van der Waals surface area contributed by atoms with Crippen molar-refractivity contribution in [3.05, 3.63) is 101 Å². The molecule has 1 N–H and O–H groups in total. The van der Waals surface area contributed by atoms with Crippen molar-refractivity contribution < 1.29 is 9.53 Å². The molecular weight excluding hydrogens is 490 g/mol. The lowest BCUT2D eigenvalue weighted by Gasteiger charge is -2.35. The quantitative estimate of drug-likeness (QED) is 0.340. The van der Waals surface area contributed by atoms with E-state index < -0.39 is 6.09 Å². The number of fused-ring (bicyclic) bond motifs is 1. The molecule has 9 nitrogen and oxygen atoms in total. The number of nitrogens with zero attached hydrogens (tertiary/aromatic N) is 6. The van der Waals surface area contributed by atoms with E-state index in [0.717, 1.165) is 50.2 Å². The number of pyridine rings is 1. The average Bonchev–Trinajstić information content (AvgIpc) is 3.36. The van der Waals surface area contributed by atoms with Crippen molar-refractivity contribution in [2.45, 2.75) is 58.7 Å². The molecule has 1 unspecified atom stereocenters. The van der Waals surface area contributed by atoms with Crippen molar-refractivity contribution in [3.8, 4) is 5.75 Å². The average molecular weight is 526 g/mol. The highest BCUT2D eigenvalue weighted by atomic mass is 16.6. The summed E-state index contributed by atoms with van der Waals surface area (Å²) in [7, 11) is 2.04. The number of hydrogen-bond donors (Lipinski definition) is 1. The molecule has 0 bridgehead atoms. The molecular formula is C30H35N7O2. The van der Waals surface area contributed by atoms with Gasteiger partial charge >= 0.3 is 6.09 Å². The summed E-state index contributed by atoms with van der Waals surface area (Å²) >= 11 is 0. The van der Waals surface area contributed by atoms with Gasteiger partial charge in [-0.15, -0.1) is 0 Å². The zero-order chi connectivity index (χ0) is 27.2. The first-order chi connectivity index (χ1) is 19.0. The highest BCUT2D eigenvalue weighted by Gasteiger charge is 2.27. The molecule has 0 aliphatic heterocycles. The number of nitrogens with one attached hydrogen (secondary N) is 1. The third-order valence-electron chi connectivity index (χ3n) is 7.32. The number of aromatic nitrogens is 5. The second kappa shape index (κ2) is 12.2. The number of aryl methyl sites for hydroxylation is 4. The number of amides is 1. The van der Waals surface area contributed by atoms with Gasteiger partial charge in [-0.25, -0.2) is 19.7 Å². The number of imidazole rings is 1. The minimum absolute atomic E-state index is 0.256. The molecule has 5 rings (SSSR count). The molecule has 39 heavy (non-hydrogen) atoms. The molecule has 1 amide bonds.